The van der Waals surface area contributed by atoms with Crippen LogP contribution in [0.25, 0.3) is 11.0 Å². The van der Waals surface area contributed by atoms with Crippen molar-refractivity contribution in [3.8, 4) is 0 Å². The SMILES string of the molecule is CCCNC(c1cc2cc(Br)cc(C)c2o1)C(C)(C)C. The first-order valence-corrected chi connectivity index (χ1v) is 8.05. The first kappa shape index (κ1) is 15.6. The summed E-state index contributed by atoms with van der Waals surface area (Å²) in [6, 6.07) is 6.62. The number of hydrogen-bond acceptors (Lipinski definition) is 2. The molecule has 0 radical (unpaired) electrons. The third-order valence-electron chi connectivity index (χ3n) is 3.53. The zero-order valence-corrected chi connectivity index (χ0v) is 14.6. The molecule has 1 unspecified atom stereocenters. The lowest BCUT2D eigenvalue weighted by atomic mass is 9.85. The van der Waals surface area contributed by atoms with Gasteiger partial charge in [-0.3, -0.25) is 0 Å². The molecule has 2 rings (SSSR count). The topological polar surface area (TPSA) is 25.2 Å². The highest BCUT2D eigenvalue weighted by Crippen LogP contribution is 2.37. The molecule has 20 heavy (non-hydrogen) atoms. The molecule has 1 heterocycles. The van der Waals surface area contributed by atoms with Crippen molar-refractivity contribution >= 4 is 26.9 Å². The van der Waals surface area contributed by atoms with Crippen molar-refractivity contribution in [1.82, 2.24) is 5.32 Å². The normalized spacial score (nSPS) is 13.9. The van der Waals surface area contributed by atoms with E-state index in [1.807, 2.05) is 0 Å². The fraction of sp³-hybridized carbons (Fsp3) is 0.529. The van der Waals surface area contributed by atoms with Crippen molar-refractivity contribution in [2.75, 3.05) is 6.54 Å². The van der Waals surface area contributed by atoms with Gasteiger partial charge in [0.2, 0.25) is 0 Å². The molecule has 1 aromatic heterocycles. The van der Waals surface area contributed by atoms with Crippen LogP contribution in [0, 0.1) is 12.3 Å². The smallest absolute Gasteiger partial charge is 0.137 e. The van der Waals surface area contributed by atoms with Crippen LogP contribution >= 0.6 is 15.9 Å². The van der Waals surface area contributed by atoms with E-state index in [1.54, 1.807) is 0 Å². The van der Waals surface area contributed by atoms with Crippen LogP contribution in [0.3, 0.4) is 0 Å². The number of furan rings is 1. The maximum absolute atomic E-state index is 6.16. The van der Waals surface area contributed by atoms with E-state index in [0.29, 0.717) is 0 Å². The third-order valence-corrected chi connectivity index (χ3v) is 3.99. The maximum atomic E-state index is 6.16. The van der Waals surface area contributed by atoms with Gasteiger partial charge in [0.1, 0.15) is 11.3 Å². The Labute approximate surface area is 130 Å². The average Bonchev–Trinajstić information content (AvgIpc) is 2.71. The summed E-state index contributed by atoms with van der Waals surface area (Å²) in [5, 5.41) is 4.78. The van der Waals surface area contributed by atoms with Gasteiger partial charge in [0, 0.05) is 9.86 Å². The molecule has 0 fully saturated rings. The van der Waals surface area contributed by atoms with Gasteiger partial charge in [-0.15, -0.1) is 0 Å². The molecule has 0 amide bonds. The summed E-state index contributed by atoms with van der Waals surface area (Å²) in [5.74, 6) is 1.03. The van der Waals surface area contributed by atoms with Crippen molar-refractivity contribution < 1.29 is 4.42 Å². The van der Waals surface area contributed by atoms with E-state index >= 15 is 0 Å². The summed E-state index contributed by atoms with van der Waals surface area (Å²) in [5.41, 5.74) is 2.29. The molecule has 0 aliphatic carbocycles. The molecule has 1 aromatic carbocycles. The predicted molar refractivity (Wildman–Crippen MR) is 89.1 cm³/mol. The number of hydrogen-bond donors (Lipinski definition) is 1. The van der Waals surface area contributed by atoms with Gasteiger partial charge in [-0.1, -0.05) is 43.6 Å². The van der Waals surface area contributed by atoms with E-state index in [1.165, 1.54) is 10.9 Å². The van der Waals surface area contributed by atoms with Gasteiger partial charge in [-0.05, 0) is 49.1 Å². The van der Waals surface area contributed by atoms with Gasteiger partial charge in [-0.25, -0.2) is 0 Å². The summed E-state index contributed by atoms with van der Waals surface area (Å²) in [6.45, 7) is 12.0. The van der Waals surface area contributed by atoms with E-state index in [4.69, 9.17) is 4.42 Å². The van der Waals surface area contributed by atoms with Crippen LogP contribution in [0.1, 0.15) is 51.5 Å². The minimum atomic E-state index is 0.119. The Morgan fingerprint density at radius 3 is 2.55 bits per heavy atom. The van der Waals surface area contributed by atoms with Gasteiger partial charge in [0.25, 0.3) is 0 Å². The Bertz CT molecular complexity index is 595. The number of nitrogens with one attached hydrogen (secondary N) is 1. The molecule has 0 spiro atoms. The van der Waals surface area contributed by atoms with Crippen molar-refractivity contribution in [2.24, 2.45) is 5.41 Å². The zero-order valence-electron chi connectivity index (χ0n) is 13.0. The summed E-state index contributed by atoms with van der Waals surface area (Å²) in [4.78, 5) is 0. The highest BCUT2D eigenvalue weighted by Gasteiger charge is 2.28. The lowest BCUT2D eigenvalue weighted by molar-refractivity contribution is 0.241. The van der Waals surface area contributed by atoms with Gasteiger partial charge < -0.3 is 9.73 Å². The van der Waals surface area contributed by atoms with Crippen LogP contribution in [-0.4, -0.2) is 6.54 Å². The quantitative estimate of drug-likeness (QED) is 0.786. The molecular weight excluding hydrogens is 314 g/mol. The molecule has 3 heteroatoms. The summed E-state index contributed by atoms with van der Waals surface area (Å²) < 4.78 is 7.26. The van der Waals surface area contributed by atoms with Crippen LogP contribution in [-0.2, 0) is 0 Å². The van der Waals surface area contributed by atoms with E-state index in [0.717, 1.165) is 28.8 Å². The second-order valence-electron chi connectivity index (χ2n) is 6.54. The minimum Gasteiger partial charge on any atom is -0.459 e. The summed E-state index contributed by atoms with van der Waals surface area (Å²) in [7, 11) is 0. The van der Waals surface area contributed by atoms with E-state index < -0.39 is 0 Å². The van der Waals surface area contributed by atoms with Crippen molar-refractivity contribution in [3.63, 3.8) is 0 Å². The predicted octanol–water partition coefficient (Wildman–Crippen LogP) is 5.59. The van der Waals surface area contributed by atoms with Gasteiger partial charge in [0.05, 0.1) is 6.04 Å². The largest absolute Gasteiger partial charge is 0.459 e. The van der Waals surface area contributed by atoms with Gasteiger partial charge >= 0.3 is 0 Å². The lowest BCUT2D eigenvalue weighted by Crippen LogP contribution is -2.32. The second kappa shape index (κ2) is 5.90. The van der Waals surface area contributed by atoms with Crippen molar-refractivity contribution in [3.05, 3.63) is 34.0 Å². The number of benzene rings is 1. The molecule has 0 saturated carbocycles. The lowest BCUT2D eigenvalue weighted by Gasteiger charge is -2.30. The Hall–Kier alpha value is -0.800. The molecular formula is C17H24BrNO. The summed E-state index contributed by atoms with van der Waals surface area (Å²) >= 11 is 3.55. The first-order valence-electron chi connectivity index (χ1n) is 7.26. The molecule has 1 N–H and O–H groups in total. The zero-order chi connectivity index (χ0) is 14.9. The van der Waals surface area contributed by atoms with Crippen molar-refractivity contribution in [1.29, 1.82) is 0 Å². The Morgan fingerprint density at radius 2 is 1.95 bits per heavy atom. The van der Waals surface area contributed by atoms with Crippen LogP contribution in [0.5, 0.6) is 0 Å². The molecule has 0 bridgehead atoms. The third kappa shape index (κ3) is 3.26. The number of rotatable bonds is 4. The van der Waals surface area contributed by atoms with E-state index in [2.05, 4.69) is 74.1 Å². The number of aryl methyl sites for hydroxylation is 1. The number of fused-ring (bicyclic) bond motifs is 1. The van der Waals surface area contributed by atoms with Gasteiger partial charge in [-0.2, -0.15) is 0 Å². The van der Waals surface area contributed by atoms with Crippen LogP contribution in [0.2, 0.25) is 0 Å². The summed E-state index contributed by atoms with van der Waals surface area (Å²) in [6.07, 6.45) is 1.12. The Morgan fingerprint density at radius 1 is 1.25 bits per heavy atom. The highest BCUT2D eigenvalue weighted by molar-refractivity contribution is 9.10. The Balaban J connectivity index is 2.46. The molecule has 110 valence electrons. The van der Waals surface area contributed by atoms with Crippen LogP contribution in [0.15, 0.2) is 27.1 Å². The van der Waals surface area contributed by atoms with Crippen LogP contribution in [0.4, 0.5) is 0 Å². The van der Waals surface area contributed by atoms with Crippen LogP contribution < -0.4 is 5.32 Å². The first-order chi connectivity index (χ1) is 9.32. The Kier molecular flexibility index (Phi) is 4.60. The fourth-order valence-corrected chi connectivity index (χ4v) is 3.16. The molecule has 0 aliphatic heterocycles. The molecule has 1 atom stereocenters. The molecule has 0 aliphatic rings. The molecule has 0 saturated heterocycles. The maximum Gasteiger partial charge on any atom is 0.137 e. The standard InChI is InChI=1S/C17H24BrNO/c1-6-7-19-16(17(3,4)5)14-10-12-9-13(18)8-11(2)15(12)20-14/h8-10,16,19H,6-7H2,1-5H3. The monoisotopic (exact) mass is 337 g/mol. The second-order valence-corrected chi connectivity index (χ2v) is 7.46. The fourth-order valence-electron chi connectivity index (χ4n) is 2.57. The molecule has 2 nitrogen and oxygen atoms in total. The molecule has 2 aromatic rings. The number of halogens is 1. The van der Waals surface area contributed by atoms with E-state index in [9.17, 15) is 0 Å². The highest BCUT2D eigenvalue weighted by atomic mass is 79.9. The van der Waals surface area contributed by atoms with Gasteiger partial charge in [0.15, 0.2) is 0 Å². The average molecular weight is 338 g/mol. The van der Waals surface area contributed by atoms with E-state index in [-0.39, 0.29) is 11.5 Å². The van der Waals surface area contributed by atoms with Crippen molar-refractivity contribution in [2.45, 2.75) is 47.1 Å². The minimum absolute atomic E-state index is 0.119.